The molecule has 5 nitrogen and oxygen atoms in total. The molecule has 2 aromatic rings. The van der Waals surface area contributed by atoms with Crippen LogP contribution < -0.4 is 10.6 Å². The number of rotatable bonds is 7. The monoisotopic (exact) mass is 317 g/mol. The molecule has 1 atom stereocenters. The molecule has 0 fully saturated rings. The minimum Gasteiger partial charge on any atom is -0.356 e. The number of thiophene rings is 1. The lowest BCUT2D eigenvalue weighted by Crippen LogP contribution is -2.33. The molecule has 0 radical (unpaired) electrons. The lowest BCUT2D eigenvalue weighted by atomic mass is 10.1. The lowest BCUT2D eigenvalue weighted by Gasteiger charge is -2.16. The van der Waals surface area contributed by atoms with Gasteiger partial charge in [-0.1, -0.05) is 12.1 Å². The van der Waals surface area contributed by atoms with Crippen LogP contribution in [0.2, 0.25) is 0 Å². The van der Waals surface area contributed by atoms with Crippen LogP contribution in [0.15, 0.2) is 42.0 Å². The molecule has 6 heteroatoms. The number of nitrogens with zero attached hydrogens (tertiary/aromatic N) is 1. The molecular weight excluding hydrogens is 298 g/mol. The van der Waals surface area contributed by atoms with Crippen molar-refractivity contribution in [2.24, 2.45) is 0 Å². The third-order valence-electron chi connectivity index (χ3n) is 3.11. The van der Waals surface area contributed by atoms with E-state index in [0.717, 1.165) is 16.9 Å². The van der Waals surface area contributed by atoms with Gasteiger partial charge in [-0.2, -0.15) is 0 Å². The van der Waals surface area contributed by atoms with E-state index < -0.39 is 0 Å². The number of pyridine rings is 1. The molecule has 0 aliphatic heterocycles. The maximum Gasteiger partial charge on any atom is 0.222 e. The minimum atomic E-state index is -0.268. The second kappa shape index (κ2) is 8.29. The molecule has 0 aromatic carbocycles. The summed E-state index contributed by atoms with van der Waals surface area (Å²) in [4.78, 5) is 28.4. The van der Waals surface area contributed by atoms with Gasteiger partial charge in [-0.15, -0.1) is 11.3 Å². The van der Waals surface area contributed by atoms with Crippen molar-refractivity contribution >= 4 is 23.2 Å². The highest BCUT2D eigenvalue weighted by atomic mass is 32.1. The van der Waals surface area contributed by atoms with Crippen molar-refractivity contribution in [3.63, 3.8) is 0 Å². The van der Waals surface area contributed by atoms with Gasteiger partial charge in [0.1, 0.15) is 0 Å². The van der Waals surface area contributed by atoms with Crippen molar-refractivity contribution in [1.82, 2.24) is 15.6 Å². The Balaban J connectivity index is 1.82. The van der Waals surface area contributed by atoms with E-state index >= 15 is 0 Å². The maximum absolute atomic E-state index is 12.0. The predicted octanol–water partition coefficient (Wildman–Crippen LogP) is 2.07. The average molecular weight is 317 g/mol. The summed E-state index contributed by atoms with van der Waals surface area (Å²) in [5.74, 6) is -0.211. The molecule has 0 saturated carbocycles. The topological polar surface area (TPSA) is 71.1 Å². The van der Waals surface area contributed by atoms with Crippen molar-refractivity contribution in [1.29, 1.82) is 0 Å². The Morgan fingerprint density at radius 2 is 2.18 bits per heavy atom. The number of amides is 2. The molecule has 1 unspecified atom stereocenters. The van der Waals surface area contributed by atoms with Crippen LogP contribution in [-0.4, -0.2) is 23.3 Å². The summed E-state index contributed by atoms with van der Waals surface area (Å²) in [6.07, 6.45) is 4.50. The maximum atomic E-state index is 12.0. The smallest absolute Gasteiger partial charge is 0.222 e. The average Bonchev–Trinajstić information content (AvgIpc) is 3.01. The Morgan fingerprint density at radius 1 is 1.32 bits per heavy atom. The van der Waals surface area contributed by atoms with E-state index in [0.29, 0.717) is 6.54 Å². The first-order valence-electron chi connectivity index (χ1n) is 7.11. The Bertz CT molecular complexity index is 599. The van der Waals surface area contributed by atoms with Crippen LogP contribution in [-0.2, 0) is 16.0 Å². The van der Waals surface area contributed by atoms with E-state index in [2.05, 4.69) is 15.6 Å². The van der Waals surface area contributed by atoms with Crippen molar-refractivity contribution in [2.75, 3.05) is 6.54 Å². The van der Waals surface area contributed by atoms with E-state index in [-0.39, 0.29) is 24.3 Å². The molecule has 2 amide bonds. The van der Waals surface area contributed by atoms with Gasteiger partial charge < -0.3 is 10.6 Å². The molecule has 2 heterocycles. The second-order valence-electron chi connectivity index (χ2n) is 4.93. The molecule has 2 aromatic heterocycles. The third kappa shape index (κ3) is 5.29. The summed E-state index contributed by atoms with van der Waals surface area (Å²) in [6.45, 7) is 2.02. The molecule has 116 valence electrons. The quantitative estimate of drug-likeness (QED) is 0.821. The largest absolute Gasteiger partial charge is 0.356 e. The minimum absolute atomic E-state index is 0.0731. The molecular formula is C16H19N3O2S. The summed E-state index contributed by atoms with van der Waals surface area (Å²) in [6, 6.07) is 7.42. The SMILES string of the molecule is CC(=O)NC(CC(=O)NCCc1cccnc1)c1cccs1. The van der Waals surface area contributed by atoms with Crippen molar-refractivity contribution < 1.29 is 9.59 Å². The zero-order valence-corrected chi connectivity index (χ0v) is 13.2. The number of carbonyl (C=O) groups is 2. The van der Waals surface area contributed by atoms with Crippen LogP contribution in [0, 0.1) is 0 Å². The normalized spacial score (nSPS) is 11.7. The molecule has 0 bridgehead atoms. The van der Waals surface area contributed by atoms with Gasteiger partial charge in [0.15, 0.2) is 0 Å². The fourth-order valence-electron chi connectivity index (χ4n) is 2.11. The Morgan fingerprint density at radius 3 is 2.82 bits per heavy atom. The van der Waals surface area contributed by atoms with Crippen LogP contribution in [0.5, 0.6) is 0 Å². The number of nitrogens with one attached hydrogen (secondary N) is 2. The fraction of sp³-hybridized carbons (Fsp3) is 0.312. The first-order valence-corrected chi connectivity index (χ1v) is 7.99. The predicted molar refractivity (Wildman–Crippen MR) is 86.4 cm³/mol. The van der Waals surface area contributed by atoms with Crippen molar-refractivity contribution in [2.45, 2.75) is 25.8 Å². The van der Waals surface area contributed by atoms with Gasteiger partial charge in [-0.3, -0.25) is 14.6 Å². The van der Waals surface area contributed by atoms with Crippen LogP contribution in [0.1, 0.15) is 29.8 Å². The van der Waals surface area contributed by atoms with E-state index in [1.165, 1.54) is 18.3 Å². The van der Waals surface area contributed by atoms with Crippen molar-refractivity contribution in [3.05, 3.63) is 52.5 Å². The number of hydrogen-bond donors (Lipinski definition) is 2. The van der Waals surface area contributed by atoms with Crippen LogP contribution in [0.3, 0.4) is 0 Å². The van der Waals surface area contributed by atoms with Gasteiger partial charge in [0, 0.05) is 30.7 Å². The van der Waals surface area contributed by atoms with E-state index in [9.17, 15) is 9.59 Å². The highest BCUT2D eigenvalue weighted by Crippen LogP contribution is 2.21. The molecule has 2 N–H and O–H groups in total. The molecule has 0 spiro atoms. The second-order valence-corrected chi connectivity index (χ2v) is 5.91. The number of hydrogen-bond acceptors (Lipinski definition) is 4. The fourth-order valence-corrected chi connectivity index (χ4v) is 2.89. The first-order chi connectivity index (χ1) is 10.6. The third-order valence-corrected chi connectivity index (χ3v) is 4.10. The van der Waals surface area contributed by atoms with Gasteiger partial charge >= 0.3 is 0 Å². The van der Waals surface area contributed by atoms with Gasteiger partial charge in [0.25, 0.3) is 0 Å². The zero-order valence-electron chi connectivity index (χ0n) is 12.4. The van der Waals surface area contributed by atoms with Crippen LogP contribution in [0.4, 0.5) is 0 Å². The molecule has 0 saturated heterocycles. The van der Waals surface area contributed by atoms with Crippen LogP contribution in [0.25, 0.3) is 0 Å². The standard InChI is InChI=1S/C16H19N3O2S/c1-12(20)19-14(15-5-3-9-22-15)10-16(21)18-8-6-13-4-2-7-17-11-13/h2-5,7,9,11,14H,6,8,10H2,1H3,(H,18,21)(H,19,20). The van der Waals surface area contributed by atoms with Gasteiger partial charge in [-0.05, 0) is 29.5 Å². The summed E-state index contributed by atoms with van der Waals surface area (Å²) in [7, 11) is 0. The van der Waals surface area contributed by atoms with E-state index in [4.69, 9.17) is 0 Å². The summed E-state index contributed by atoms with van der Waals surface area (Å²) in [5.41, 5.74) is 1.08. The van der Waals surface area contributed by atoms with Gasteiger partial charge in [0.2, 0.25) is 11.8 Å². The van der Waals surface area contributed by atoms with Gasteiger partial charge in [0.05, 0.1) is 12.5 Å². The van der Waals surface area contributed by atoms with E-state index in [1.54, 1.807) is 12.4 Å². The molecule has 22 heavy (non-hydrogen) atoms. The van der Waals surface area contributed by atoms with Gasteiger partial charge in [-0.25, -0.2) is 0 Å². The number of carbonyl (C=O) groups excluding carboxylic acids is 2. The van der Waals surface area contributed by atoms with Crippen molar-refractivity contribution in [3.8, 4) is 0 Å². The summed E-state index contributed by atoms with van der Waals surface area (Å²) in [5, 5.41) is 7.64. The zero-order chi connectivity index (χ0) is 15.8. The summed E-state index contributed by atoms with van der Waals surface area (Å²) < 4.78 is 0. The Labute approximate surface area is 133 Å². The first kappa shape index (κ1) is 16.2. The Kier molecular flexibility index (Phi) is 6.09. The Hall–Kier alpha value is -2.21. The molecule has 0 aliphatic carbocycles. The molecule has 0 aliphatic rings. The summed E-state index contributed by atoms with van der Waals surface area (Å²) >= 11 is 1.53. The lowest BCUT2D eigenvalue weighted by molar-refractivity contribution is -0.122. The van der Waals surface area contributed by atoms with E-state index in [1.807, 2.05) is 29.6 Å². The highest BCUT2D eigenvalue weighted by Gasteiger charge is 2.17. The molecule has 2 rings (SSSR count). The highest BCUT2D eigenvalue weighted by molar-refractivity contribution is 7.10. The van der Waals surface area contributed by atoms with Crippen LogP contribution >= 0.6 is 11.3 Å². The number of aromatic nitrogens is 1.